The zero-order valence-electron chi connectivity index (χ0n) is 6.58. The molecule has 0 spiro atoms. The van der Waals surface area contributed by atoms with Crippen LogP contribution in [0.1, 0.15) is 10.0 Å². The van der Waals surface area contributed by atoms with Crippen LogP contribution < -0.4 is 5.73 Å². The SMILES string of the molecule is NC(=O)C=Cc1nnc(C(F)(F)F)s1. The Morgan fingerprint density at radius 3 is 2.50 bits per heavy atom. The third-order valence-corrected chi connectivity index (χ3v) is 2.01. The highest BCUT2D eigenvalue weighted by Gasteiger charge is 2.35. The molecule has 0 radical (unpaired) electrons. The molecule has 0 atom stereocenters. The molecule has 0 aliphatic carbocycles. The van der Waals surface area contributed by atoms with Crippen LogP contribution in [0.25, 0.3) is 6.08 Å². The normalized spacial score (nSPS) is 12.2. The summed E-state index contributed by atoms with van der Waals surface area (Å²) in [5, 5.41) is 5.04. The molecule has 0 aromatic carbocycles. The Morgan fingerprint density at radius 2 is 2.07 bits per heavy atom. The van der Waals surface area contributed by atoms with E-state index in [1.807, 2.05) is 0 Å². The lowest BCUT2D eigenvalue weighted by molar-refractivity contribution is -0.138. The van der Waals surface area contributed by atoms with E-state index in [1.165, 1.54) is 0 Å². The lowest BCUT2D eigenvalue weighted by atomic mass is 10.5. The van der Waals surface area contributed by atoms with Crippen molar-refractivity contribution < 1.29 is 18.0 Å². The van der Waals surface area contributed by atoms with E-state index in [0.29, 0.717) is 11.3 Å². The highest BCUT2D eigenvalue weighted by molar-refractivity contribution is 7.12. The fourth-order valence-corrected chi connectivity index (χ4v) is 1.18. The van der Waals surface area contributed by atoms with Crippen LogP contribution in [-0.2, 0) is 11.0 Å². The van der Waals surface area contributed by atoms with Crippen molar-refractivity contribution in [1.82, 2.24) is 10.2 Å². The van der Waals surface area contributed by atoms with Gasteiger partial charge in [-0.2, -0.15) is 13.2 Å². The first-order valence-corrected chi connectivity index (χ1v) is 4.09. The minimum Gasteiger partial charge on any atom is -0.366 e. The Hall–Kier alpha value is -1.44. The van der Waals surface area contributed by atoms with Crippen molar-refractivity contribution >= 4 is 23.3 Å². The van der Waals surface area contributed by atoms with Crippen LogP contribution in [0.2, 0.25) is 0 Å². The summed E-state index contributed by atoms with van der Waals surface area (Å²) in [7, 11) is 0. The monoisotopic (exact) mass is 223 g/mol. The maximum absolute atomic E-state index is 12.0. The van der Waals surface area contributed by atoms with Gasteiger partial charge in [-0.15, -0.1) is 10.2 Å². The van der Waals surface area contributed by atoms with Gasteiger partial charge in [0.25, 0.3) is 0 Å². The highest BCUT2D eigenvalue weighted by Crippen LogP contribution is 2.31. The van der Waals surface area contributed by atoms with E-state index in [-0.39, 0.29) is 5.01 Å². The fourth-order valence-electron chi connectivity index (χ4n) is 0.570. The lowest BCUT2D eigenvalue weighted by Gasteiger charge is -1.96. The molecule has 0 aliphatic rings. The van der Waals surface area contributed by atoms with E-state index in [0.717, 1.165) is 12.2 Å². The second kappa shape index (κ2) is 3.74. The van der Waals surface area contributed by atoms with Crippen LogP contribution in [-0.4, -0.2) is 16.1 Å². The third kappa shape index (κ3) is 2.80. The van der Waals surface area contributed by atoms with Crippen molar-refractivity contribution in [2.45, 2.75) is 6.18 Å². The van der Waals surface area contributed by atoms with Crippen molar-refractivity contribution in [3.8, 4) is 0 Å². The zero-order chi connectivity index (χ0) is 10.8. The number of primary amides is 1. The minimum absolute atomic E-state index is 0.0175. The number of nitrogens with two attached hydrogens (primary N) is 1. The van der Waals surface area contributed by atoms with E-state index < -0.39 is 17.1 Å². The average molecular weight is 223 g/mol. The fraction of sp³-hybridized carbons (Fsp3) is 0.167. The van der Waals surface area contributed by atoms with Gasteiger partial charge in [0.1, 0.15) is 5.01 Å². The number of aromatic nitrogens is 2. The molecule has 0 unspecified atom stereocenters. The van der Waals surface area contributed by atoms with Crippen LogP contribution in [0.3, 0.4) is 0 Å². The van der Waals surface area contributed by atoms with Crippen molar-refractivity contribution in [2.75, 3.05) is 0 Å². The molecule has 1 rings (SSSR count). The molecule has 1 heterocycles. The van der Waals surface area contributed by atoms with Crippen LogP contribution in [0.15, 0.2) is 6.08 Å². The van der Waals surface area contributed by atoms with Crippen LogP contribution in [0.5, 0.6) is 0 Å². The summed E-state index contributed by atoms with van der Waals surface area (Å²) in [6.45, 7) is 0. The van der Waals surface area contributed by atoms with Crippen molar-refractivity contribution in [3.63, 3.8) is 0 Å². The first-order chi connectivity index (χ1) is 6.39. The molecule has 8 heteroatoms. The van der Waals surface area contributed by atoms with Crippen LogP contribution in [0, 0.1) is 0 Å². The van der Waals surface area contributed by atoms with Crippen LogP contribution in [0.4, 0.5) is 13.2 Å². The van der Waals surface area contributed by atoms with E-state index >= 15 is 0 Å². The van der Waals surface area contributed by atoms with Crippen molar-refractivity contribution in [3.05, 3.63) is 16.1 Å². The Bertz CT molecular complexity index is 371. The predicted octanol–water partition coefficient (Wildman–Crippen LogP) is 1.06. The maximum Gasteiger partial charge on any atom is 0.445 e. The number of amides is 1. The van der Waals surface area contributed by atoms with E-state index in [1.54, 1.807) is 0 Å². The molecule has 1 aromatic rings. The number of carbonyl (C=O) groups excluding carboxylic acids is 1. The van der Waals surface area contributed by atoms with Gasteiger partial charge >= 0.3 is 6.18 Å². The Morgan fingerprint density at radius 1 is 1.43 bits per heavy atom. The van der Waals surface area contributed by atoms with Crippen LogP contribution >= 0.6 is 11.3 Å². The molecule has 0 aliphatic heterocycles. The summed E-state index contributed by atoms with van der Waals surface area (Å²) in [6, 6.07) is 0. The van der Waals surface area contributed by atoms with Gasteiger partial charge in [0.2, 0.25) is 10.9 Å². The zero-order valence-corrected chi connectivity index (χ0v) is 7.39. The molecule has 0 saturated heterocycles. The largest absolute Gasteiger partial charge is 0.445 e. The first kappa shape index (κ1) is 10.6. The molecule has 14 heavy (non-hydrogen) atoms. The summed E-state index contributed by atoms with van der Waals surface area (Å²) >= 11 is 0.340. The van der Waals surface area contributed by atoms with E-state index in [9.17, 15) is 18.0 Å². The number of rotatable bonds is 2. The summed E-state index contributed by atoms with van der Waals surface area (Å²) in [5.41, 5.74) is 4.74. The van der Waals surface area contributed by atoms with E-state index in [4.69, 9.17) is 5.73 Å². The molecule has 0 saturated carbocycles. The van der Waals surface area contributed by atoms with Gasteiger partial charge in [0.15, 0.2) is 0 Å². The second-order valence-electron chi connectivity index (χ2n) is 2.18. The summed E-state index contributed by atoms with van der Waals surface area (Å²) in [4.78, 5) is 10.2. The lowest BCUT2D eigenvalue weighted by Crippen LogP contribution is -2.04. The predicted molar refractivity (Wildman–Crippen MR) is 43.1 cm³/mol. The number of nitrogens with zero attached hydrogens (tertiary/aromatic N) is 2. The number of alkyl halides is 3. The molecule has 76 valence electrons. The molecular weight excluding hydrogens is 219 g/mol. The number of carbonyl (C=O) groups is 1. The Kier molecular flexibility index (Phi) is 2.84. The topological polar surface area (TPSA) is 68.9 Å². The smallest absolute Gasteiger partial charge is 0.366 e. The molecule has 4 nitrogen and oxygen atoms in total. The second-order valence-corrected chi connectivity index (χ2v) is 3.19. The molecule has 1 aromatic heterocycles. The minimum atomic E-state index is -4.50. The van der Waals surface area contributed by atoms with Gasteiger partial charge in [-0.05, 0) is 6.08 Å². The average Bonchev–Trinajstić information content (AvgIpc) is 2.47. The number of hydrogen-bond acceptors (Lipinski definition) is 4. The summed E-state index contributed by atoms with van der Waals surface area (Å²) in [5.74, 6) is -0.756. The van der Waals surface area contributed by atoms with Gasteiger partial charge in [-0.25, -0.2) is 0 Å². The van der Waals surface area contributed by atoms with E-state index in [2.05, 4.69) is 10.2 Å². The molecule has 2 N–H and O–H groups in total. The van der Waals surface area contributed by atoms with Crippen molar-refractivity contribution in [1.29, 1.82) is 0 Å². The quantitative estimate of drug-likeness (QED) is 0.762. The first-order valence-electron chi connectivity index (χ1n) is 3.28. The maximum atomic E-state index is 12.0. The van der Waals surface area contributed by atoms with Gasteiger partial charge in [-0.3, -0.25) is 4.79 Å². The molecule has 0 bridgehead atoms. The van der Waals surface area contributed by atoms with Gasteiger partial charge in [0.05, 0.1) is 0 Å². The van der Waals surface area contributed by atoms with Gasteiger partial charge in [-0.1, -0.05) is 11.3 Å². The van der Waals surface area contributed by atoms with Gasteiger partial charge < -0.3 is 5.73 Å². The standard InChI is InChI=1S/C6H4F3N3OS/c7-6(8,9)5-12-11-4(14-5)2-1-3(10)13/h1-2H,(H2,10,13). The summed E-state index contributed by atoms with van der Waals surface area (Å²) in [6.07, 6.45) is -2.51. The van der Waals surface area contributed by atoms with Gasteiger partial charge in [0, 0.05) is 6.08 Å². The summed E-state index contributed by atoms with van der Waals surface area (Å²) < 4.78 is 36.0. The highest BCUT2D eigenvalue weighted by atomic mass is 32.1. The van der Waals surface area contributed by atoms with Crippen molar-refractivity contribution in [2.24, 2.45) is 5.73 Å². The third-order valence-electron chi connectivity index (χ3n) is 1.07. The molecule has 1 amide bonds. The number of halogens is 3. The molecular formula is C6H4F3N3OS. The molecule has 0 fully saturated rings. The number of hydrogen-bond donors (Lipinski definition) is 1. The Balaban J connectivity index is 2.84. The Labute approximate surface area is 80.2 Å².